The van der Waals surface area contributed by atoms with Gasteiger partial charge in [0.05, 0.1) is 5.92 Å². The lowest BCUT2D eigenvalue weighted by atomic mass is 9.87. The number of carboxylic acids is 1. The molecule has 2 N–H and O–H groups in total. The Morgan fingerprint density at radius 2 is 2.50 bits per heavy atom. The molecule has 0 aromatic carbocycles. The maximum absolute atomic E-state index is 10.8. The first-order valence-electron chi connectivity index (χ1n) is 4.46. The van der Waals surface area contributed by atoms with Gasteiger partial charge in [-0.3, -0.25) is 4.79 Å². The first kappa shape index (κ1) is 9.33. The standard InChI is InChI=1S/C9H10N2O2S/c12-8(13)5-1-2-7-6(3-5)4-10-9(14)11-7/h4-5H,1-3H2,(H,12,13)(H,10,11,14). The monoisotopic (exact) mass is 210 g/mol. The van der Waals surface area contributed by atoms with Crippen molar-refractivity contribution >= 4 is 18.2 Å². The quantitative estimate of drug-likeness (QED) is 0.686. The van der Waals surface area contributed by atoms with Crippen LogP contribution in [0.1, 0.15) is 17.7 Å². The van der Waals surface area contributed by atoms with Crippen molar-refractivity contribution in [2.75, 3.05) is 0 Å². The number of aromatic amines is 1. The zero-order valence-corrected chi connectivity index (χ0v) is 8.30. The molecule has 1 aromatic rings. The summed E-state index contributed by atoms with van der Waals surface area (Å²) in [7, 11) is 0. The Hall–Kier alpha value is -1.23. The van der Waals surface area contributed by atoms with Crippen LogP contribution in [0.5, 0.6) is 0 Å². The van der Waals surface area contributed by atoms with Crippen molar-refractivity contribution in [2.45, 2.75) is 19.3 Å². The van der Waals surface area contributed by atoms with Crippen LogP contribution in [0.15, 0.2) is 6.20 Å². The minimum Gasteiger partial charge on any atom is -0.481 e. The van der Waals surface area contributed by atoms with Gasteiger partial charge in [0.2, 0.25) is 0 Å². The highest BCUT2D eigenvalue weighted by Crippen LogP contribution is 2.23. The summed E-state index contributed by atoms with van der Waals surface area (Å²) < 4.78 is 0.470. The van der Waals surface area contributed by atoms with Gasteiger partial charge in [0, 0.05) is 11.9 Å². The molecule has 0 saturated carbocycles. The van der Waals surface area contributed by atoms with Gasteiger partial charge in [0.1, 0.15) is 0 Å². The van der Waals surface area contributed by atoms with Gasteiger partial charge in [-0.1, -0.05) is 0 Å². The smallest absolute Gasteiger partial charge is 0.306 e. The molecule has 4 nitrogen and oxygen atoms in total. The minimum atomic E-state index is -0.724. The Labute approximate surface area is 86.0 Å². The molecule has 0 amide bonds. The van der Waals surface area contributed by atoms with Gasteiger partial charge >= 0.3 is 5.97 Å². The molecule has 14 heavy (non-hydrogen) atoms. The van der Waals surface area contributed by atoms with Crippen LogP contribution in [0.4, 0.5) is 0 Å². The van der Waals surface area contributed by atoms with E-state index in [0.717, 1.165) is 17.7 Å². The molecule has 1 aliphatic rings. The van der Waals surface area contributed by atoms with Gasteiger partial charge in [-0.15, -0.1) is 0 Å². The summed E-state index contributed by atoms with van der Waals surface area (Å²) in [5.74, 6) is -0.994. The van der Waals surface area contributed by atoms with Crippen molar-refractivity contribution in [1.29, 1.82) is 0 Å². The van der Waals surface area contributed by atoms with Gasteiger partial charge in [0.15, 0.2) is 4.77 Å². The summed E-state index contributed by atoms with van der Waals surface area (Å²) in [6, 6.07) is 0. The highest BCUT2D eigenvalue weighted by molar-refractivity contribution is 7.71. The second-order valence-corrected chi connectivity index (χ2v) is 3.86. The average Bonchev–Trinajstić information content (AvgIpc) is 2.16. The lowest BCUT2D eigenvalue weighted by Gasteiger charge is -2.20. The number of fused-ring (bicyclic) bond motifs is 1. The van der Waals surface area contributed by atoms with E-state index in [1.54, 1.807) is 6.20 Å². The molecule has 0 saturated heterocycles. The predicted molar refractivity (Wildman–Crippen MR) is 52.6 cm³/mol. The second kappa shape index (κ2) is 3.49. The fourth-order valence-corrected chi connectivity index (χ4v) is 1.93. The maximum Gasteiger partial charge on any atom is 0.306 e. The van der Waals surface area contributed by atoms with E-state index < -0.39 is 5.97 Å². The first-order valence-corrected chi connectivity index (χ1v) is 4.87. The molecule has 0 fully saturated rings. The molecule has 5 heteroatoms. The summed E-state index contributed by atoms with van der Waals surface area (Å²) in [5, 5.41) is 8.87. The van der Waals surface area contributed by atoms with E-state index in [1.165, 1.54) is 0 Å². The second-order valence-electron chi connectivity index (χ2n) is 3.47. The Kier molecular flexibility index (Phi) is 2.33. The van der Waals surface area contributed by atoms with Gasteiger partial charge in [-0.05, 0) is 37.0 Å². The zero-order valence-electron chi connectivity index (χ0n) is 7.49. The summed E-state index contributed by atoms with van der Waals surface area (Å²) in [6.07, 6.45) is 3.67. The topological polar surface area (TPSA) is 66.0 Å². The van der Waals surface area contributed by atoms with E-state index in [0.29, 0.717) is 17.6 Å². The summed E-state index contributed by atoms with van der Waals surface area (Å²) in [4.78, 5) is 17.7. The van der Waals surface area contributed by atoms with Crippen molar-refractivity contribution in [1.82, 2.24) is 9.97 Å². The number of rotatable bonds is 1. The Morgan fingerprint density at radius 3 is 3.21 bits per heavy atom. The minimum absolute atomic E-state index is 0.270. The number of hydrogen-bond donors (Lipinski definition) is 2. The first-order chi connectivity index (χ1) is 6.66. The Balaban J connectivity index is 2.31. The van der Waals surface area contributed by atoms with Gasteiger partial charge < -0.3 is 10.1 Å². The zero-order chi connectivity index (χ0) is 10.1. The number of hydrogen-bond acceptors (Lipinski definition) is 3. The molecule has 1 heterocycles. The van der Waals surface area contributed by atoms with Crippen LogP contribution in [-0.4, -0.2) is 21.0 Å². The molecule has 74 valence electrons. The maximum atomic E-state index is 10.8. The van der Waals surface area contributed by atoms with Crippen molar-refractivity contribution in [2.24, 2.45) is 5.92 Å². The number of nitrogens with one attached hydrogen (secondary N) is 1. The lowest BCUT2D eigenvalue weighted by Crippen LogP contribution is -2.23. The third-order valence-electron chi connectivity index (χ3n) is 2.54. The summed E-state index contributed by atoms with van der Waals surface area (Å²) in [6.45, 7) is 0. The molecule has 1 aliphatic carbocycles. The molecule has 0 spiro atoms. The van der Waals surface area contributed by atoms with Crippen molar-refractivity contribution in [3.05, 3.63) is 22.2 Å². The molecule has 2 rings (SSSR count). The molecule has 1 atom stereocenters. The molecule has 1 aromatic heterocycles. The van der Waals surface area contributed by atoms with Crippen LogP contribution < -0.4 is 0 Å². The van der Waals surface area contributed by atoms with Crippen molar-refractivity contribution < 1.29 is 9.90 Å². The molecule has 0 bridgehead atoms. The predicted octanol–water partition coefficient (Wildman–Crippen LogP) is 1.33. The van der Waals surface area contributed by atoms with Crippen molar-refractivity contribution in [3.63, 3.8) is 0 Å². The fourth-order valence-electron chi connectivity index (χ4n) is 1.75. The lowest BCUT2D eigenvalue weighted by molar-refractivity contribution is -0.142. The molecular formula is C9H10N2O2S. The van der Waals surface area contributed by atoms with Crippen LogP contribution >= 0.6 is 12.2 Å². The number of H-pyrrole nitrogens is 1. The number of carboxylic acid groups (broad SMARTS) is 1. The van der Waals surface area contributed by atoms with Crippen LogP contribution in [0.3, 0.4) is 0 Å². The average molecular weight is 210 g/mol. The van der Waals surface area contributed by atoms with Crippen LogP contribution in [0, 0.1) is 10.7 Å². The van der Waals surface area contributed by atoms with E-state index in [1.807, 2.05) is 0 Å². The van der Waals surface area contributed by atoms with Crippen molar-refractivity contribution in [3.8, 4) is 0 Å². The third kappa shape index (κ3) is 1.68. The summed E-state index contributed by atoms with van der Waals surface area (Å²) >= 11 is 4.90. The number of aliphatic carboxylic acids is 1. The SMILES string of the molecule is O=C(O)C1CCc2[nH]c(=S)ncc2C1. The molecule has 1 unspecified atom stereocenters. The molecule has 0 aliphatic heterocycles. The van der Waals surface area contributed by atoms with Gasteiger partial charge in [-0.25, -0.2) is 4.98 Å². The van der Waals surface area contributed by atoms with E-state index >= 15 is 0 Å². The van der Waals surface area contributed by atoms with Crippen LogP contribution in [-0.2, 0) is 17.6 Å². The third-order valence-corrected chi connectivity index (χ3v) is 2.75. The Morgan fingerprint density at radius 1 is 1.71 bits per heavy atom. The fraction of sp³-hybridized carbons (Fsp3) is 0.444. The Bertz CT molecular complexity index is 427. The normalized spacial score (nSPS) is 20.1. The number of aryl methyl sites for hydroxylation is 1. The van der Waals surface area contributed by atoms with Crippen LogP contribution in [0.25, 0.3) is 0 Å². The highest BCUT2D eigenvalue weighted by Gasteiger charge is 2.24. The van der Waals surface area contributed by atoms with Gasteiger partial charge in [0.25, 0.3) is 0 Å². The largest absolute Gasteiger partial charge is 0.481 e. The number of nitrogens with zero attached hydrogens (tertiary/aromatic N) is 1. The van der Waals surface area contributed by atoms with E-state index in [9.17, 15) is 4.79 Å². The number of carbonyl (C=O) groups is 1. The molecular weight excluding hydrogens is 200 g/mol. The molecule has 0 radical (unpaired) electrons. The van der Waals surface area contributed by atoms with Gasteiger partial charge in [-0.2, -0.15) is 0 Å². The van der Waals surface area contributed by atoms with E-state index in [4.69, 9.17) is 17.3 Å². The number of aromatic nitrogens is 2. The highest BCUT2D eigenvalue weighted by atomic mass is 32.1. The summed E-state index contributed by atoms with van der Waals surface area (Å²) in [5.41, 5.74) is 2.03. The van der Waals surface area contributed by atoms with Crippen LogP contribution in [0.2, 0.25) is 0 Å². The van der Waals surface area contributed by atoms with E-state index in [-0.39, 0.29) is 5.92 Å². The van der Waals surface area contributed by atoms with E-state index in [2.05, 4.69) is 9.97 Å².